The van der Waals surface area contributed by atoms with Gasteiger partial charge < -0.3 is 34.3 Å². The molecule has 1 aromatic rings. The van der Waals surface area contributed by atoms with E-state index in [9.17, 15) is 9.59 Å². The second kappa shape index (κ2) is 7.58. The van der Waals surface area contributed by atoms with Gasteiger partial charge in [-0.15, -0.1) is 0 Å². The molecule has 3 aliphatic rings. The van der Waals surface area contributed by atoms with E-state index in [1.54, 1.807) is 33.8 Å². The highest BCUT2D eigenvalue weighted by Crippen LogP contribution is 2.44. The number of anilines is 1. The van der Waals surface area contributed by atoms with Crippen LogP contribution in [0.1, 0.15) is 33.3 Å². The molecule has 3 aliphatic heterocycles. The Hall–Kier alpha value is -2.04. The molecule has 0 unspecified atom stereocenters. The highest BCUT2D eigenvalue weighted by Gasteiger charge is 2.62. The molecule has 3 fully saturated rings. The van der Waals surface area contributed by atoms with Crippen LogP contribution < -0.4 is 10.6 Å². The third kappa shape index (κ3) is 4.21. The largest absolute Gasteiger partial charge is 0.345 e. The Kier molecular flexibility index (Phi) is 5.36. The summed E-state index contributed by atoms with van der Waals surface area (Å²) in [6, 6.07) is 7.41. The number of amides is 2. The van der Waals surface area contributed by atoms with E-state index < -0.39 is 48.2 Å². The fraction of sp³-hybridized carbons (Fsp3) is 0.619. The van der Waals surface area contributed by atoms with E-state index in [1.807, 2.05) is 25.1 Å². The lowest BCUT2D eigenvalue weighted by atomic mass is 9.98. The quantitative estimate of drug-likeness (QED) is 0.760. The van der Waals surface area contributed by atoms with Crippen LogP contribution in [0.25, 0.3) is 0 Å². The third-order valence-electron chi connectivity index (χ3n) is 5.26. The van der Waals surface area contributed by atoms with Crippen molar-refractivity contribution in [1.82, 2.24) is 5.32 Å². The fourth-order valence-corrected chi connectivity index (χ4v) is 4.00. The molecule has 9 heteroatoms. The van der Waals surface area contributed by atoms with Crippen molar-refractivity contribution in [2.45, 2.75) is 76.9 Å². The number of aryl methyl sites for hydroxylation is 1. The summed E-state index contributed by atoms with van der Waals surface area (Å²) in [4.78, 5) is 25.2. The molecule has 9 nitrogen and oxygen atoms in total. The highest BCUT2D eigenvalue weighted by molar-refractivity contribution is 5.95. The van der Waals surface area contributed by atoms with E-state index in [-0.39, 0.29) is 12.5 Å². The van der Waals surface area contributed by atoms with E-state index in [2.05, 4.69) is 10.6 Å². The summed E-state index contributed by atoms with van der Waals surface area (Å²) < 4.78 is 29.5. The highest BCUT2D eigenvalue weighted by atomic mass is 16.9. The smallest absolute Gasteiger partial charge is 0.252 e. The number of benzene rings is 1. The number of hydrogen-bond acceptors (Lipinski definition) is 7. The molecule has 164 valence electrons. The summed E-state index contributed by atoms with van der Waals surface area (Å²) in [6.45, 7) is 8.78. The first kappa shape index (κ1) is 21.2. The summed E-state index contributed by atoms with van der Waals surface area (Å²) in [5, 5.41) is 5.41. The topological polar surface area (TPSA) is 104 Å². The maximum atomic E-state index is 12.9. The minimum atomic E-state index is -0.998. The summed E-state index contributed by atoms with van der Waals surface area (Å²) in [7, 11) is 0. The van der Waals surface area contributed by atoms with Gasteiger partial charge in [-0.2, -0.15) is 0 Å². The number of fused-ring (bicyclic) bond motifs is 3. The van der Waals surface area contributed by atoms with Crippen molar-refractivity contribution < 1.29 is 33.3 Å². The van der Waals surface area contributed by atoms with Gasteiger partial charge in [0.05, 0.1) is 6.54 Å². The molecule has 2 amide bonds. The Bertz CT molecular complexity index is 840. The molecule has 3 saturated heterocycles. The molecule has 2 N–H and O–H groups in total. The van der Waals surface area contributed by atoms with Crippen LogP contribution in [-0.2, 0) is 33.3 Å². The van der Waals surface area contributed by atoms with E-state index in [0.717, 1.165) is 5.56 Å². The lowest BCUT2D eigenvalue weighted by Gasteiger charge is -2.36. The maximum Gasteiger partial charge on any atom is 0.252 e. The predicted molar refractivity (Wildman–Crippen MR) is 105 cm³/mol. The zero-order chi connectivity index (χ0) is 21.7. The van der Waals surface area contributed by atoms with Crippen molar-refractivity contribution in [2.24, 2.45) is 0 Å². The van der Waals surface area contributed by atoms with Crippen LogP contribution >= 0.6 is 0 Å². The molecule has 1 aromatic carbocycles. The zero-order valence-electron chi connectivity index (χ0n) is 17.8. The first-order valence-corrected chi connectivity index (χ1v) is 10.0. The van der Waals surface area contributed by atoms with E-state index >= 15 is 0 Å². The van der Waals surface area contributed by atoms with Crippen molar-refractivity contribution >= 4 is 17.5 Å². The summed E-state index contributed by atoms with van der Waals surface area (Å²) in [6.07, 6.45) is -3.49. The standard InChI is InChI=1S/C21H28N2O7/c1-11-8-6-7-9-12(11)23-13(24)10-22-18(25)16-14-15(28-20(2,3)27-14)17-19(26-16)30-21(4,5)29-17/h6-9,14-17,19H,10H2,1-5H3,(H,22,25)(H,23,24)/t14-,15-,16+,17-,19+/m0/s1. The van der Waals surface area contributed by atoms with E-state index in [4.69, 9.17) is 23.7 Å². The molecular formula is C21H28N2O7. The molecular weight excluding hydrogens is 392 g/mol. The third-order valence-corrected chi connectivity index (χ3v) is 5.26. The number of ether oxygens (including phenoxy) is 5. The van der Waals surface area contributed by atoms with Gasteiger partial charge >= 0.3 is 0 Å². The van der Waals surface area contributed by atoms with Gasteiger partial charge in [0, 0.05) is 5.69 Å². The molecule has 0 aliphatic carbocycles. The van der Waals surface area contributed by atoms with Gasteiger partial charge in [0.1, 0.15) is 18.3 Å². The van der Waals surface area contributed by atoms with Crippen LogP contribution in [0.3, 0.4) is 0 Å². The van der Waals surface area contributed by atoms with Crippen LogP contribution in [-0.4, -0.2) is 60.6 Å². The van der Waals surface area contributed by atoms with Crippen molar-refractivity contribution in [3.8, 4) is 0 Å². The molecule has 0 spiro atoms. The van der Waals surface area contributed by atoms with Gasteiger partial charge in [-0.1, -0.05) is 18.2 Å². The van der Waals surface area contributed by atoms with Crippen LogP contribution in [0.4, 0.5) is 5.69 Å². The molecule has 5 atom stereocenters. The first-order chi connectivity index (χ1) is 14.0. The van der Waals surface area contributed by atoms with Crippen molar-refractivity contribution in [3.05, 3.63) is 29.8 Å². The molecule has 0 radical (unpaired) electrons. The Labute approximate surface area is 175 Å². The summed E-state index contributed by atoms with van der Waals surface area (Å²) in [5.41, 5.74) is 1.63. The van der Waals surface area contributed by atoms with Crippen LogP contribution in [0.15, 0.2) is 24.3 Å². The number of carbonyl (C=O) groups is 2. The van der Waals surface area contributed by atoms with Gasteiger partial charge in [0.25, 0.3) is 5.91 Å². The molecule has 3 heterocycles. The number of rotatable bonds is 4. The SMILES string of the molecule is Cc1ccccc1NC(=O)CNC(=O)[C@@H]1O[C@@H]2OC(C)(C)O[C@H]2[C@H]2OC(C)(C)O[C@@H]21. The fourth-order valence-electron chi connectivity index (χ4n) is 4.00. The Balaban J connectivity index is 1.41. The van der Waals surface area contributed by atoms with Crippen molar-refractivity contribution in [2.75, 3.05) is 11.9 Å². The number of para-hydroxylation sites is 1. The monoisotopic (exact) mass is 420 g/mol. The van der Waals surface area contributed by atoms with E-state index in [0.29, 0.717) is 5.69 Å². The van der Waals surface area contributed by atoms with E-state index in [1.165, 1.54) is 0 Å². The van der Waals surface area contributed by atoms with Gasteiger partial charge in [0.2, 0.25) is 5.91 Å². The molecule has 4 rings (SSSR count). The molecule has 0 saturated carbocycles. The second-order valence-corrected chi connectivity index (χ2v) is 8.67. The van der Waals surface area contributed by atoms with Crippen molar-refractivity contribution in [3.63, 3.8) is 0 Å². The average Bonchev–Trinajstić information content (AvgIpc) is 3.14. The maximum absolute atomic E-state index is 12.9. The molecule has 30 heavy (non-hydrogen) atoms. The number of nitrogens with one attached hydrogen (secondary N) is 2. The Morgan fingerprint density at radius 3 is 2.30 bits per heavy atom. The summed E-state index contributed by atoms with van der Waals surface area (Å²) in [5.74, 6) is -2.58. The average molecular weight is 420 g/mol. The number of carbonyl (C=O) groups excluding carboxylic acids is 2. The van der Waals surface area contributed by atoms with Crippen molar-refractivity contribution in [1.29, 1.82) is 0 Å². The molecule has 0 aromatic heterocycles. The molecule has 0 bridgehead atoms. The minimum absolute atomic E-state index is 0.203. The zero-order valence-corrected chi connectivity index (χ0v) is 17.8. The van der Waals surface area contributed by atoms with Gasteiger partial charge in [-0.05, 0) is 46.2 Å². The Morgan fingerprint density at radius 1 is 0.933 bits per heavy atom. The lowest BCUT2D eigenvalue weighted by Crippen LogP contribution is -2.59. The van der Waals surface area contributed by atoms with Crippen LogP contribution in [0, 0.1) is 6.92 Å². The van der Waals surface area contributed by atoms with Gasteiger partial charge in [0.15, 0.2) is 24.0 Å². The van der Waals surface area contributed by atoms with Gasteiger partial charge in [-0.25, -0.2) is 0 Å². The summed E-state index contributed by atoms with van der Waals surface area (Å²) >= 11 is 0. The Morgan fingerprint density at radius 2 is 1.57 bits per heavy atom. The normalized spacial score (nSPS) is 33.4. The van der Waals surface area contributed by atoms with Crippen LogP contribution in [0.2, 0.25) is 0 Å². The second-order valence-electron chi connectivity index (χ2n) is 8.67. The first-order valence-electron chi connectivity index (χ1n) is 10.0. The number of hydrogen-bond donors (Lipinski definition) is 2. The lowest BCUT2D eigenvalue weighted by molar-refractivity contribution is -0.231. The minimum Gasteiger partial charge on any atom is -0.345 e. The predicted octanol–water partition coefficient (Wildman–Crippen LogP) is 1.45. The van der Waals surface area contributed by atoms with Crippen LogP contribution in [0.5, 0.6) is 0 Å². The van der Waals surface area contributed by atoms with Gasteiger partial charge in [-0.3, -0.25) is 9.59 Å².